The topological polar surface area (TPSA) is 92.7 Å². The number of amides is 1. The molecule has 0 aliphatic carbocycles. The van der Waals surface area contributed by atoms with Gasteiger partial charge in [-0.05, 0) is 83.4 Å². The number of benzene rings is 1. The van der Waals surface area contributed by atoms with E-state index in [0.29, 0.717) is 29.9 Å². The first-order chi connectivity index (χ1) is 16.2. The molecule has 0 saturated heterocycles. The summed E-state index contributed by atoms with van der Waals surface area (Å²) in [5.41, 5.74) is 6.66. The minimum Gasteiger partial charge on any atom is -0.352 e. The van der Waals surface area contributed by atoms with Gasteiger partial charge in [-0.1, -0.05) is 0 Å². The summed E-state index contributed by atoms with van der Waals surface area (Å²) in [6, 6.07) is 8.05. The Labute approximate surface area is 199 Å². The maximum Gasteiger partial charge on any atom is 0.252 e. The number of hydrogen-bond acceptors (Lipinski definition) is 4. The number of fused-ring (bicyclic) bond motifs is 1. The summed E-state index contributed by atoms with van der Waals surface area (Å²) in [7, 11) is 0. The standard InChI is InChI=1S/C27H31N5O2/c1-15(2)32-14-17(4)25-22(12-20(13-24(25)32)23-8-10-28-19(6)31-23)26(33)29-9-7-21-16(3)11-18(5)30-27(21)34/h8,10-15H,7,9H2,1-6H3,(H,29,33)(H,30,34). The summed E-state index contributed by atoms with van der Waals surface area (Å²) in [4.78, 5) is 37.4. The number of carbonyl (C=O) groups is 1. The first kappa shape index (κ1) is 23.4. The van der Waals surface area contributed by atoms with Gasteiger partial charge in [0.15, 0.2) is 0 Å². The Kier molecular flexibility index (Phi) is 6.37. The van der Waals surface area contributed by atoms with E-state index in [1.165, 1.54) is 0 Å². The third-order valence-corrected chi connectivity index (χ3v) is 6.15. The number of pyridine rings is 1. The van der Waals surface area contributed by atoms with Crippen LogP contribution in [0, 0.1) is 27.7 Å². The van der Waals surface area contributed by atoms with Crippen LogP contribution in [-0.2, 0) is 6.42 Å². The van der Waals surface area contributed by atoms with E-state index in [-0.39, 0.29) is 17.5 Å². The molecular formula is C27H31N5O2. The lowest BCUT2D eigenvalue weighted by Crippen LogP contribution is -2.28. The van der Waals surface area contributed by atoms with E-state index >= 15 is 0 Å². The van der Waals surface area contributed by atoms with Crippen LogP contribution in [0.5, 0.6) is 0 Å². The zero-order chi connectivity index (χ0) is 24.6. The molecule has 0 aliphatic rings. The highest BCUT2D eigenvalue weighted by Gasteiger charge is 2.19. The Hall–Kier alpha value is -3.74. The van der Waals surface area contributed by atoms with Crippen LogP contribution in [0.4, 0.5) is 0 Å². The molecule has 0 unspecified atom stereocenters. The van der Waals surface area contributed by atoms with Crippen molar-refractivity contribution in [3.63, 3.8) is 0 Å². The highest BCUT2D eigenvalue weighted by Crippen LogP contribution is 2.32. The zero-order valence-corrected chi connectivity index (χ0v) is 20.6. The van der Waals surface area contributed by atoms with Crippen molar-refractivity contribution in [1.29, 1.82) is 0 Å². The van der Waals surface area contributed by atoms with Gasteiger partial charge in [-0.2, -0.15) is 0 Å². The Morgan fingerprint density at radius 2 is 1.88 bits per heavy atom. The first-order valence-electron chi connectivity index (χ1n) is 11.6. The van der Waals surface area contributed by atoms with E-state index in [0.717, 1.165) is 39.0 Å². The predicted molar refractivity (Wildman–Crippen MR) is 135 cm³/mol. The van der Waals surface area contributed by atoms with Crippen LogP contribution in [0.1, 0.15) is 58.5 Å². The van der Waals surface area contributed by atoms with Gasteiger partial charge in [0.05, 0.1) is 5.69 Å². The molecule has 0 aliphatic heterocycles. The zero-order valence-electron chi connectivity index (χ0n) is 20.6. The molecule has 0 radical (unpaired) electrons. The Morgan fingerprint density at radius 3 is 2.56 bits per heavy atom. The molecule has 3 aromatic heterocycles. The van der Waals surface area contributed by atoms with Gasteiger partial charge < -0.3 is 14.9 Å². The number of hydrogen-bond donors (Lipinski definition) is 2. The minimum atomic E-state index is -0.163. The van der Waals surface area contributed by atoms with Gasteiger partial charge in [0.25, 0.3) is 11.5 Å². The molecule has 0 bridgehead atoms. The summed E-state index contributed by atoms with van der Waals surface area (Å²) in [6.45, 7) is 12.3. The fourth-order valence-electron chi connectivity index (χ4n) is 4.55. The largest absolute Gasteiger partial charge is 0.352 e. The highest BCUT2D eigenvalue weighted by molar-refractivity contribution is 6.09. The smallest absolute Gasteiger partial charge is 0.252 e. The molecule has 0 saturated carbocycles. The number of nitrogens with one attached hydrogen (secondary N) is 2. The number of nitrogens with zero attached hydrogens (tertiary/aromatic N) is 3. The average molecular weight is 458 g/mol. The predicted octanol–water partition coefficient (Wildman–Crippen LogP) is 4.57. The summed E-state index contributed by atoms with van der Waals surface area (Å²) in [5.74, 6) is 0.515. The second-order valence-corrected chi connectivity index (χ2v) is 9.17. The van der Waals surface area contributed by atoms with Gasteiger partial charge in [-0.15, -0.1) is 0 Å². The average Bonchev–Trinajstić information content (AvgIpc) is 3.11. The molecule has 2 N–H and O–H groups in total. The number of aryl methyl sites for hydroxylation is 4. The molecule has 7 nitrogen and oxygen atoms in total. The van der Waals surface area contributed by atoms with Crippen LogP contribution < -0.4 is 10.9 Å². The summed E-state index contributed by atoms with van der Waals surface area (Å²) < 4.78 is 2.19. The molecule has 4 rings (SSSR count). The van der Waals surface area contributed by atoms with Crippen LogP contribution in [0.2, 0.25) is 0 Å². The van der Waals surface area contributed by atoms with Crippen LogP contribution in [0.3, 0.4) is 0 Å². The van der Waals surface area contributed by atoms with E-state index in [1.807, 2.05) is 45.9 Å². The second-order valence-electron chi connectivity index (χ2n) is 9.17. The lowest BCUT2D eigenvalue weighted by Gasteiger charge is -2.13. The molecule has 34 heavy (non-hydrogen) atoms. The van der Waals surface area contributed by atoms with Crippen LogP contribution in [-0.4, -0.2) is 32.0 Å². The van der Waals surface area contributed by atoms with Gasteiger partial charge >= 0.3 is 0 Å². The van der Waals surface area contributed by atoms with E-state index in [9.17, 15) is 9.59 Å². The third kappa shape index (κ3) is 4.51. The minimum absolute atomic E-state index is 0.0971. The Bertz CT molecular complexity index is 1450. The van der Waals surface area contributed by atoms with Gasteiger partial charge in [-0.25, -0.2) is 9.97 Å². The molecule has 176 valence electrons. The van der Waals surface area contributed by atoms with Gasteiger partial charge in [0.2, 0.25) is 0 Å². The number of carbonyl (C=O) groups excluding carboxylic acids is 1. The summed E-state index contributed by atoms with van der Waals surface area (Å²) in [5, 5.41) is 3.97. The SMILES string of the molecule is Cc1nccc(-c2cc(C(=O)NCCc3c(C)cc(C)[nH]c3=O)c3c(C)cn(C(C)C)c3c2)n1. The van der Waals surface area contributed by atoms with Crippen molar-refractivity contribution in [3.8, 4) is 11.3 Å². The quantitative estimate of drug-likeness (QED) is 0.443. The molecule has 7 heteroatoms. The molecule has 0 atom stereocenters. The highest BCUT2D eigenvalue weighted by atomic mass is 16.1. The van der Waals surface area contributed by atoms with Crippen molar-refractivity contribution in [3.05, 3.63) is 80.8 Å². The monoisotopic (exact) mass is 457 g/mol. The van der Waals surface area contributed by atoms with Gasteiger partial charge in [0, 0.05) is 58.3 Å². The number of rotatable bonds is 6. The van der Waals surface area contributed by atoms with Crippen LogP contribution in [0.25, 0.3) is 22.2 Å². The van der Waals surface area contributed by atoms with Gasteiger partial charge in [-0.3, -0.25) is 9.59 Å². The van der Waals surface area contributed by atoms with Gasteiger partial charge in [0.1, 0.15) is 5.82 Å². The number of aromatic nitrogens is 4. The van der Waals surface area contributed by atoms with Crippen LogP contribution >= 0.6 is 0 Å². The van der Waals surface area contributed by atoms with E-state index in [1.54, 1.807) is 6.20 Å². The van der Waals surface area contributed by atoms with Crippen molar-refractivity contribution in [2.45, 2.75) is 54.0 Å². The molecule has 3 heterocycles. The first-order valence-corrected chi connectivity index (χ1v) is 11.6. The van der Waals surface area contributed by atoms with E-state index in [2.05, 4.69) is 50.9 Å². The fraction of sp³-hybridized carbons (Fsp3) is 0.333. The number of H-pyrrole nitrogens is 1. The van der Waals surface area contributed by atoms with Crippen LogP contribution in [0.15, 0.2) is 41.5 Å². The van der Waals surface area contributed by atoms with E-state index in [4.69, 9.17) is 0 Å². The number of aromatic amines is 1. The van der Waals surface area contributed by atoms with Crippen molar-refractivity contribution in [1.82, 2.24) is 24.8 Å². The normalized spacial score (nSPS) is 11.4. The lowest BCUT2D eigenvalue weighted by molar-refractivity contribution is 0.0955. The second kappa shape index (κ2) is 9.25. The van der Waals surface area contributed by atoms with Crippen molar-refractivity contribution < 1.29 is 4.79 Å². The summed E-state index contributed by atoms with van der Waals surface area (Å²) in [6.07, 6.45) is 4.29. The maximum atomic E-state index is 13.4. The molecule has 4 aromatic rings. The fourth-order valence-corrected chi connectivity index (χ4v) is 4.55. The maximum absolute atomic E-state index is 13.4. The third-order valence-electron chi connectivity index (χ3n) is 6.15. The molecular weight excluding hydrogens is 426 g/mol. The van der Waals surface area contributed by atoms with Crippen molar-refractivity contribution in [2.75, 3.05) is 6.54 Å². The Morgan fingerprint density at radius 1 is 1.12 bits per heavy atom. The Balaban J connectivity index is 1.72. The molecule has 0 spiro atoms. The summed E-state index contributed by atoms with van der Waals surface area (Å²) >= 11 is 0. The van der Waals surface area contributed by atoms with Crippen molar-refractivity contribution in [2.24, 2.45) is 0 Å². The van der Waals surface area contributed by atoms with Crippen molar-refractivity contribution >= 4 is 16.8 Å². The molecule has 1 aromatic carbocycles. The lowest BCUT2D eigenvalue weighted by atomic mass is 10.0. The molecule has 0 fully saturated rings. The van der Waals surface area contributed by atoms with E-state index < -0.39 is 0 Å². The molecule has 1 amide bonds.